The summed E-state index contributed by atoms with van der Waals surface area (Å²) >= 11 is 1.70. The summed E-state index contributed by atoms with van der Waals surface area (Å²) < 4.78 is 0. The zero-order chi connectivity index (χ0) is 10.4. The summed E-state index contributed by atoms with van der Waals surface area (Å²) in [5, 5.41) is 3.19. The predicted octanol–water partition coefficient (Wildman–Crippen LogP) is 3.32. The Morgan fingerprint density at radius 2 is 1.92 bits per heavy atom. The molecule has 0 saturated carbocycles. The van der Waals surface area contributed by atoms with Gasteiger partial charge in [-0.25, -0.2) is 4.98 Å². The van der Waals surface area contributed by atoms with Crippen LogP contribution in [0.4, 0.5) is 5.13 Å². The fourth-order valence-corrected chi connectivity index (χ4v) is 1.63. The number of aryl methyl sites for hydroxylation is 1. The molecule has 3 heteroatoms. The molecule has 0 spiro atoms. The first-order chi connectivity index (χ1) is 6.11. The molecule has 0 atom stereocenters. The molecule has 1 aromatic heterocycles. The van der Waals surface area contributed by atoms with Crippen LogP contribution in [0.5, 0.6) is 0 Å². The molecule has 0 aromatic carbocycles. The molecule has 1 rings (SSSR count). The lowest BCUT2D eigenvalue weighted by atomic mass is 10.4. The van der Waals surface area contributed by atoms with Gasteiger partial charge in [-0.2, -0.15) is 0 Å². The number of anilines is 1. The quantitative estimate of drug-likeness (QED) is 0.728. The Kier molecular flexibility index (Phi) is 5.71. The number of hydrogen-bond donors (Lipinski definition) is 0. The zero-order valence-corrected chi connectivity index (χ0v) is 10.3. The topological polar surface area (TPSA) is 16.1 Å². The molecule has 0 amide bonds. The standard InChI is InChI=1S/C8H14N2S.C2H6/c1-6(2)10(4)8-9-7(3)5-11-8;1-2/h5-6H,1-4H3;1-2H3. The minimum atomic E-state index is 0.528. The lowest BCUT2D eigenvalue weighted by Crippen LogP contribution is -2.25. The van der Waals surface area contributed by atoms with E-state index < -0.39 is 0 Å². The van der Waals surface area contributed by atoms with Crippen LogP contribution >= 0.6 is 11.3 Å². The van der Waals surface area contributed by atoms with Gasteiger partial charge in [0.15, 0.2) is 5.13 Å². The summed E-state index contributed by atoms with van der Waals surface area (Å²) in [4.78, 5) is 6.55. The van der Waals surface area contributed by atoms with Crippen molar-refractivity contribution >= 4 is 16.5 Å². The average molecular weight is 200 g/mol. The van der Waals surface area contributed by atoms with Crippen molar-refractivity contribution in [2.75, 3.05) is 11.9 Å². The fourth-order valence-electron chi connectivity index (χ4n) is 0.724. The van der Waals surface area contributed by atoms with Crippen molar-refractivity contribution in [2.45, 2.75) is 40.7 Å². The van der Waals surface area contributed by atoms with Crippen molar-refractivity contribution in [3.8, 4) is 0 Å². The molecule has 0 fully saturated rings. The maximum atomic E-state index is 4.38. The Bertz CT molecular complexity index is 231. The van der Waals surface area contributed by atoms with Gasteiger partial charge >= 0.3 is 0 Å². The van der Waals surface area contributed by atoms with Crippen molar-refractivity contribution in [1.29, 1.82) is 0 Å². The molecule has 1 aromatic rings. The highest BCUT2D eigenvalue weighted by Crippen LogP contribution is 2.19. The van der Waals surface area contributed by atoms with Crippen LogP contribution in [-0.4, -0.2) is 18.1 Å². The monoisotopic (exact) mass is 200 g/mol. The van der Waals surface area contributed by atoms with Gasteiger partial charge in [0.05, 0.1) is 5.69 Å². The number of aromatic nitrogens is 1. The number of hydrogen-bond acceptors (Lipinski definition) is 3. The van der Waals surface area contributed by atoms with Crippen LogP contribution in [0.15, 0.2) is 5.38 Å². The summed E-state index contributed by atoms with van der Waals surface area (Å²) in [7, 11) is 2.07. The summed E-state index contributed by atoms with van der Waals surface area (Å²) in [5.74, 6) is 0. The molecule has 13 heavy (non-hydrogen) atoms. The van der Waals surface area contributed by atoms with Gasteiger partial charge in [-0.05, 0) is 20.8 Å². The molecule has 0 bridgehead atoms. The molecule has 0 radical (unpaired) electrons. The fraction of sp³-hybridized carbons (Fsp3) is 0.700. The van der Waals surface area contributed by atoms with Gasteiger partial charge in [0, 0.05) is 18.5 Å². The summed E-state index contributed by atoms with van der Waals surface area (Å²) in [6.07, 6.45) is 0. The van der Waals surface area contributed by atoms with Gasteiger partial charge in [-0.3, -0.25) is 0 Å². The van der Waals surface area contributed by atoms with E-state index in [0.717, 1.165) is 10.8 Å². The minimum Gasteiger partial charge on any atom is -0.349 e. The summed E-state index contributed by atoms with van der Waals surface area (Å²) in [6.45, 7) is 10.3. The molecule has 0 unspecified atom stereocenters. The zero-order valence-electron chi connectivity index (χ0n) is 9.46. The third kappa shape index (κ3) is 3.77. The van der Waals surface area contributed by atoms with E-state index in [9.17, 15) is 0 Å². The van der Waals surface area contributed by atoms with E-state index in [2.05, 4.69) is 36.2 Å². The molecular weight excluding hydrogens is 180 g/mol. The summed E-state index contributed by atoms with van der Waals surface area (Å²) in [6, 6.07) is 0.528. The van der Waals surface area contributed by atoms with Crippen LogP contribution in [0.3, 0.4) is 0 Å². The first kappa shape index (κ1) is 12.4. The Hall–Kier alpha value is -0.570. The van der Waals surface area contributed by atoms with Gasteiger partial charge < -0.3 is 4.90 Å². The van der Waals surface area contributed by atoms with E-state index in [0.29, 0.717) is 6.04 Å². The normalized spacial score (nSPS) is 9.46. The first-order valence-electron chi connectivity index (χ1n) is 4.76. The van der Waals surface area contributed by atoms with Gasteiger partial charge in [0.2, 0.25) is 0 Å². The molecule has 0 aliphatic heterocycles. The third-order valence-electron chi connectivity index (χ3n) is 1.68. The number of rotatable bonds is 2. The second-order valence-electron chi connectivity index (χ2n) is 2.98. The largest absolute Gasteiger partial charge is 0.349 e. The molecular formula is C10H20N2S. The molecule has 0 saturated heterocycles. The van der Waals surface area contributed by atoms with Gasteiger partial charge in [0.25, 0.3) is 0 Å². The van der Waals surface area contributed by atoms with Crippen LogP contribution in [0.25, 0.3) is 0 Å². The van der Waals surface area contributed by atoms with Crippen molar-refractivity contribution in [3.63, 3.8) is 0 Å². The molecule has 76 valence electrons. The van der Waals surface area contributed by atoms with Crippen LogP contribution in [-0.2, 0) is 0 Å². The predicted molar refractivity (Wildman–Crippen MR) is 61.7 cm³/mol. The second-order valence-corrected chi connectivity index (χ2v) is 3.81. The number of nitrogens with zero attached hydrogens (tertiary/aromatic N) is 2. The second kappa shape index (κ2) is 5.97. The maximum Gasteiger partial charge on any atom is 0.185 e. The van der Waals surface area contributed by atoms with Crippen molar-refractivity contribution in [2.24, 2.45) is 0 Å². The molecule has 0 N–H and O–H groups in total. The van der Waals surface area contributed by atoms with E-state index in [4.69, 9.17) is 0 Å². The van der Waals surface area contributed by atoms with E-state index in [-0.39, 0.29) is 0 Å². The smallest absolute Gasteiger partial charge is 0.185 e. The highest BCUT2D eigenvalue weighted by molar-refractivity contribution is 7.13. The van der Waals surface area contributed by atoms with E-state index >= 15 is 0 Å². The highest BCUT2D eigenvalue weighted by atomic mass is 32.1. The van der Waals surface area contributed by atoms with E-state index in [1.54, 1.807) is 11.3 Å². The lowest BCUT2D eigenvalue weighted by Gasteiger charge is -2.19. The Morgan fingerprint density at radius 3 is 2.23 bits per heavy atom. The molecule has 0 aliphatic rings. The Balaban J connectivity index is 0.000000671. The maximum absolute atomic E-state index is 4.38. The van der Waals surface area contributed by atoms with Gasteiger partial charge in [-0.15, -0.1) is 11.3 Å². The number of thiazole rings is 1. The van der Waals surface area contributed by atoms with Crippen LogP contribution in [0.1, 0.15) is 33.4 Å². The van der Waals surface area contributed by atoms with Crippen molar-refractivity contribution < 1.29 is 0 Å². The van der Waals surface area contributed by atoms with Crippen LogP contribution in [0, 0.1) is 6.92 Å². The lowest BCUT2D eigenvalue weighted by molar-refractivity contribution is 0.750. The van der Waals surface area contributed by atoms with Crippen molar-refractivity contribution in [1.82, 2.24) is 4.98 Å². The SMILES string of the molecule is CC.Cc1csc(N(C)C(C)C)n1. The van der Waals surface area contributed by atoms with E-state index in [1.165, 1.54) is 0 Å². The van der Waals surface area contributed by atoms with Gasteiger partial charge in [0.1, 0.15) is 0 Å². The van der Waals surface area contributed by atoms with E-state index in [1.807, 2.05) is 20.8 Å². The minimum absolute atomic E-state index is 0.528. The molecule has 0 aliphatic carbocycles. The average Bonchev–Trinajstić information content (AvgIpc) is 2.54. The van der Waals surface area contributed by atoms with Gasteiger partial charge in [-0.1, -0.05) is 13.8 Å². The third-order valence-corrected chi connectivity index (χ3v) is 2.73. The molecule has 1 heterocycles. The summed E-state index contributed by atoms with van der Waals surface area (Å²) in [5.41, 5.74) is 1.11. The molecule has 2 nitrogen and oxygen atoms in total. The highest BCUT2D eigenvalue weighted by Gasteiger charge is 2.07. The van der Waals surface area contributed by atoms with Crippen LogP contribution < -0.4 is 4.90 Å². The van der Waals surface area contributed by atoms with Crippen LogP contribution in [0.2, 0.25) is 0 Å². The Morgan fingerprint density at radius 1 is 1.38 bits per heavy atom. The Labute approximate surface area is 85.6 Å². The first-order valence-corrected chi connectivity index (χ1v) is 5.64. The van der Waals surface area contributed by atoms with Crippen molar-refractivity contribution in [3.05, 3.63) is 11.1 Å².